The molecule has 0 N–H and O–H groups in total. The number of aromatic nitrogens is 3. The number of benzene rings is 2. The third-order valence-electron chi connectivity index (χ3n) is 4.80. The summed E-state index contributed by atoms with van der Waals surface area (Å²) in [5, 5.41) is 2.64. The van der Waals surface area contributed by atoms with Crippen LogP contribution in [0.5, 0.6) is 0 Å². The van der Waals surface area contributed by atoms with Crippen molar-refractivity contribution in [3.8, 4) is 0 Å². The maximum atomic E-state index is 4.54. The van der Waals surface area contributed by atoms with E-state index < -0.39 is 0 Å². The van der Waals surface area contributed by atoms with Gasteiger partial charge in [0.05, 0.1) is 0 Å². The lowest BCUT2D eigenvalue weighted by Gasteiger charge is -2.12. The molecule has 3 heteroatoms. The van der Waals surface area contributed by atoms with E-state index in [1.54, 1.807) is 0 Å². The van der Waals surface area contributed by atoms with Gasteiger partial charge in [-0.15, -0.1) is 0 Å². The van der Waals surface area contributed by atoms with Crippen LogP contribution in [-0.4, -0.2) is 14.5 Å². The van der Waals surface area contributed by atoms with Crippen molar-refractivity contribution in [3.63, 3.8) is 0 Å². The van der Waals surface area contributed by atoms with Gasteiger partial charge in [0.1, 0.15) is 5.82 Å². The second-order valence-electron chi connectivity index (χ2n) is 6.36. The van der Waals surface area contributed by atoms with Crippen LogP contribution in [0, 0.1) is 20.8 Å². The summed E-state index contributed by atoms with van der Waals surface area (Å²) in [7, 11) is 0. The summed E-state index contributed by atoms with van der Waals surface area (Å²) in [5.74, 6) is 0.852. The van der Waals surface area contributed by atoms with Crippen LogP contribution in [0.25, 0.3) is 21.8 Å². The van der Waals surface area contributed by atoms with Crippen molar-refractivity contribution in [2.75, 3.05) is 0 Å². The Bertz CT molecular complexity index is 967. The van der Waals surface area contributed by atoms with Crippen LogP contribution in [0.3, 0.4) is 0 Å². The van der Waals surface area contributed by atoms with Gasteiger partial charge in [-0.05, 0) is 44.9 Å². The van der Waals surface area contributed by atoms with Crippen LogP contribution in [0.4, 0.5) is 0 Å². The van der Waals surface area contributed by atoms with Crippen molar-refractivity contribution in [3.05, 3.63) is 71.3 Å². The Labute approximate surface area is 142 Å². The van der Waals surface area contributed by atoms with Gasteiger partial charge >= 0.3 is 0 Å². The van der Waals surface area contributed by atoms with Gasteiger partial charge in [-0.1, -0.05) is 36.4 Å². The quantitative estimate of drug-likeness (QED) is 0.546. The molecule has 0 unspecified atom stereocenters. The maximum Gasteiger partial charge on any atom is 0.125 e. The fourth-order valence-corrected chi connectivity index (χ4v) is 3.74. The van der Waals surface area contributed by atoms with Gasteiger partial charge in [-0.2, -0.15) is 0 Å². The van der Waals surface area contributed by atoms with E-state index in [0.29, 0.717) is 0 Å². The zero-order chi connectivity index (χ0) is 16.7. The number of para-hydroxylation sites is 2. The molecular formula is C21H21N3. The Morgan fingerprint density at radius 3 is 1.79 bits per heavy atom. The fraction of sp³-hybridized carbons (Fsp3) is 0.238. The Kier molecular flexibility index (Phi) is 3.57. The first-order valence-electron chi connectivity index (χ1n) is 8.42. The normalized spacial score (nSPS) is 11.5. The van der Waals surface area contributed by atoms with Crippen LogP contribution in [0.1, 0.15) is 22.8 Å². The van der Waals surface area contributed by atoms with Gasteiger partial charge in [0.25, 0.3) is 0 Å². The van der Waals surface area contributed by atoms with E-state index in [9.17, 15) is 0 Å². The molecule has 4 aromatic rings. The molecule has 0 fully saturated rings. The summed E-state index contributed by atoms with van der Waals surface area (Å²) in [4.78, 5) is 9.08. The molecule has 0 radical (unpaired) electrons. The van der Waals surface area contributed by atoms with Crippen molar-refractivity contribution < 1.29 is 0 Å². The van der Waals surface area contributed by atoms with Crippen LogP contribution < -0.4 is 0 Å². The highest BCUT2D eigenvalue weighted by molar-refractivity contribution is 6.07. The maximum absolute atomic E-state index is 4.54. The lowest BCUT2D eigenvalue weighted by Crippen LogP contribution is -2.07. The molecule has 2 heterocycles. The van der Waals surface area contributed by atoms with E-state index in [1.807, 2.05) is 6.92 Å². The molecule has 4 rings (SSSR count). The highest BCUT2D eigenvalue weighted by Crippen LogP contribution is 2.29. The van der Waals surface area contributed by atoms with Crippen molar-refractivity contribution in [2.45, 2.75) is 33.7 Å². The molecule has 24 heavy (non-hydrogen) atoms. The highest BCUT2D eigenvalue weighted by Gasteiger charge is 2.12. The van der Waals surface area contributed by atoms with Gasteiger partial charge in [-0.25, -0.2) is 9.97 Å². The summed E-state index contributed by atoms with van der Waals surface area (Å²) in [6.07, 6.45) is 0.945. The molecule has 0 aliphatic carbocycles. The van der Waals surface area contributed by atoms with E-state index in [-0.39, 0.29) is 0 Å². The third kappa shape index (κ3) is 2.37. The molecule has 0 amide bonds. The lowest BCUT2D eigenvalue weighted by atomic mass is 10.1. The van der Waals surface area contributed by atoms with E-state index >= 15 is 0 Å². The predicted octanol–water partition coefficient (Wildman–Crippen LogP) is 4.75. The smallest absolute Gasteiger partial charge is 0.125 e. The number of hydrogen-bond acceptors (Lipinski definition) is 2. The average molecular weight is 315 g/mol. The van der Waals surface area contributed by atoms with E-state index in [2.05, 4.69) is 76.9 Å². The van der Waals surface area contributed by atoms with E-state index in [1.165, 1.54) is 27.4 Å². The predicted molar refractivity (Wildman–Crippen MR) is 99.4 cm³/mol. The number of hydrogen-bond donors (Lipinski definition) is 0. The van der Waals surface area contributed by atoms with Crippen LogP contribution >= 0.6 is 0 Å². The zero-order valence-corrected chi connectivity index (χ0v) is 14.4. The molecule has 0 aliphatic heterocycles. The van der Waals surface area contributed by atoms with Gasteiger partial charge in [-0.3, -0.25) is 0 Å². The molecule has 0 atom stereocenters. The lowest BCUT2D eigenvalue weighted by molar-refractivity contribution is 0.726. The number of aryl methyl sites for hydroxylation is 4. The molecular weight excluding hydrogens is 294 g/mol. The molecule has 120 valence electrons. The molecule has 2 aromatic carbocycles. The van der Waals surface area contributed by atoms with Crippen LogP contribution in [0.15, 0.2) is 48.5 Å². The molecule has 0 bridgehead atoms. The van der Waals surface area contributed by atoms with Crippen molar-refractivity contribution in [1.29, 1.82) is 0 Å². The molecule has 0 saturated carbocycles. The summed E-state index contributed by atoms with van der Waals surface area (Å²) >= 11 is 0. The highest BCUT2D eigenvalue weighted by atomic mass is 15.0. The van der Waals surface area contributed by atoms with Gasteiger partial charge in [0.15, 0.2) is 0 Å². The van der Waals surface area contributed by atoms with Crippen LogP contribution in [-0.2, 0) is 13.0 Å². The Morgan fingerprint density at radius 1 is 0.750 bits per heavy atom. The van der Waals surface area contributed by atoms with Crippen molar-refractivity contribution in [2.24, 2.45) is 0 Å². The summed E-state index contributed by atoms with van der Waals surface area (Å²) < 4.78 is 2.42. The average Bonchev–Trinajstić information content (AvgIpc) is 2.88. The van der Waals surface area contributed by atoms with Gasteiger partial charge in [0.2, 0.25) is 0 Å². The monoisotopic (exact) mass is 315 g/mol. The minimum Gasteiger partial charge on any atom is -0.340 e. The SMILES string of the molecule is Cc1nc(C)c(CCn2c3ccccc3c3ccccc32)c(C)n1. The summed E-state index contributed by atoms with van der Waals surface area (Å²) in [5.41, 5.74) is 6.05. The number of rotatable bonds is 3. The standard InChI is InChI=1S/C21H21N3/c1-14-17(15(2)23-16(3)22-14)12-13-24-20-10-6-4-8-18(20)19-9-5-7-11-21(19)24/h4-11H,12-13H2,1-3H3. The molecule has 0 saturated heterocycles. The molecule has 0 spiro atoms. The first kappa shape index (κ1) is 14.9. The Hall–Kier alpha value is -2.68. The van der Waals surface area contributed by atoms with Gasteiger partial charge in [0, 0.05) is 39.7 Å². The second-order valence-corrected chi connectivity index (χ2v) is 6.36. The second kappa shape index (κ2) is 5.75. The largest absolute Gasteiger partial charge is 0.340 e. The van der Waals surface area contributed by atoms with Gasteiger partial charge < -0.3 is 4.57 Å². The number of nitrogens with zero attached hydrogens (tertiary/aromatic N) is 3. The zero-order valence-electron chi connectivity index (χ0n) is 14.4. The first-order valence-corrected chi connectivity index (χ1v) is 8.42. The third-order valence-corrected chi connectivity index (χ3v) is 4.80. The topological polar surface area (TPSA) is 30.7 Å². The fourth-order valence-electron chi connectivity index (χ4n) is 3.74. The van der Waals surface area contributed by atoms with E-state index in [4.69, 9.17) is 0 Å². The molecule has 0 aliphatic rings. The first-order chi connectivity index (χ1) is 11.6. The van der Waals surface area contributed by atoms with Crippen molar-refractivity contribution >= 4 is 21.8 Å². The minimum absolute atomic E-state index is 0.852. The Morgan fingerprint density at radius 2 is 1.25 bits per heavy atom. The molecule has 3 nitrogen and oxygen atoms in total. The Balaban J connectivity index is 1.80. The number of fused-ring (bicyclic) bond motifs is 3. The molecule has 2 aromatic heterocycles. The summed E-state index contributed by atoms with van der Waals surface area (Å²) in [6.45, 7) is 7.06. The van der Waals surface area contributed by atoms with Crippen molar-refractivity contribution in [1.82, 2.24) is 14.5 Å². The summed E-state index contributed by atoms with van der Waals surface area (Å²) in [6, 6.07) is 17.3. The minimum atomic E-state index is 0.852. The van der Waals surface area contributed by atoms with E-state index in [0.717, 1.165) is 30.2 Å². The van der Waals surface area contributed by atoms with Crippen LogP contribution in [0.2, 0.25) is 0 Å².